The van der Waals surface area contributed by atoms with Gasteiger partial charge in [0.1, 0.15) is 11.6 Å². The van der Waals surface area contributed by atoms with Crippen LogP contribution in [0, 0.1) is 0 Å². The molecular weight excluding hydrogens is 382 g/mol. The summed E-state index contributed by atoms with van der Waals surface area (Å²) in [6.45, 7) is 4.85. The van der Waals surface area contributed by atoms with E-state index in [9.17, 15) is 4.79 Å². The molecule has 0 aromatic carbocycles. The number of ether oxygens (including phenoxy) is 1. The number of rotatable bonds is 11. The van der Waals surface area contributed by atoms with E-state index in [0.717, 1.165) is 37.9 Å². The first kappa shape index (κ1) is 21.8. The lowest BCUT2D eigenvalue weighted by Crippen LogP contribution is -2.27. The molecule has 0 fully saturated rings. The molecule has 3 N–H and O–H groups in total. The lowest BCUT2D eigenvalue weighted by molar-refractivity contribution is -0.117. The number of hydrogen-bond acceptors (Lipinski definition) is 8. The quantitative estimate of drug-likeness (QED) is 0.539. The third-order valence-corrected chi connectivity index (χ3v) is 4.85. The summed E-state index contributed by atoms with van der Waals surface area (Å²) in [5.41, 5.74) is 7.68. The van der Waals surface area contributed by atoms with Crippen LogP contribution in [0.15, 0.2) is 18.3 Å². The highest BCUT2D eigenvalue weighted by atomic mass is 16.5. The normalized spacial score (nSPS) is 13.1. The SMILES string of the molecule is CCCCNc1nc(N)c2c(n1)N(Cc1ccc(OCCCN(C)C)nc1)C(=O)C2. The fourth-order valence-corrected chi connectivity index (χ4v) is 3.20. The number of aromatic nitrogens is 3. The van der Waals surface area contributed by atoms with E-state index in [4.69, 9.17) is 10.5 Å². The number of amides is 1. The third kappa shape index (κ3) is 5.56. The highest BCUT2D eigenvalue weighted by Gasteiger charge is 2.32. The molecule has 2 aromatic heterocycles. The lowest BCUT2D eigenvalue weighted by Gasteiger charge is -2.17. The van der Waals surface area contributed by atoms with Crippen molar-refractivity contribution in [1.82, 2.24) is 19.9 Å². The second-order valence-electron chi connectivity index (χ2n) is 7.68. The van der Waals surface area contributed by atoms with Gasteiger partial charge in [0.25, 0.3) is 0 Å². The van der Waals surface area contributed by atoms with Crippen LogP contribution in [0.4, 0.5) is 17.6 Å². The highest BCUT2D eigenvalue weighted by Crippen LogP contribution is 2.32. The maximum atomic E-state index is 12.6. The Kier molecular flexibility index (Phi) is 7.40. The summed E-state index contributed by atoms with van der Waals surface area (Å²) >= 11 is 0. The van der Waals surface area contributed by atoms with Gasteiger partial charge >= 0.3 is 0 Å². The van der Waals surface area contributed by atoms with Gasteiger partial charge in [0.15, 0.2) is 0 Å². The van der Waals surface area contributed by atoms with Crippen LogP contribution in [0.1, 0.15) is 37.3 Å². The molecule has 0 bridgehead atoms. The second kappa shape index (κ2) is 10.2. The number of carbonyl (C=O) groups is 1. The molecule has 9 nitrogen and oxygen atoms in total. The third-order valence-electron chi connectivity index (χ3n) is 4.85. The molecule has 3 heterocycles. The van der Waals surface area contributed by atoms with Crippen LogP contribution >= 0.6 is 0 Å². The van der Waals surface area contributed by atoms with E-state index in [-0.39, 0.29) is 12.3 Å². The number of carbonyl (C=O) groups excluding carboxylic acids is 1. The van der Waals surface area contributed by atoms with E-state index in [2.05, 4.69) is 32.1 Å². The first-order valence-corrected chi connectivity index (χ1v) is 10.4. The van der Waals surface area contributed by atoms with Crippen molar-refractivity contribution in [3.05, 3.63) is 29.5 Å². The van der Waals surface area contributed by atoms with Crippen molar-refractivity contribution in [2.75, 3.05) is 49.7 Å². The molecule has 3 rings (SSSR count). The van der Waals surface area contributed by atoms with Crippen LogP contribution in [0.2, 0.25) is 0 Å². The summed E-state index contributed by atoms with van der Waals surface area (Å²) in [5, 5.41) is 3.18. The minimum absolute atomic E-state index is 0.0410. The van der Waals surface area contributed by atoms with E-state index in [1.165, 1.54) is 0 Å². The molecule has 0 aliphatic carbocycles. The Hall–Kier alpha value is -2.94. The Balaban J connectivity index is 1.65. The van der Waals surface area contributed by atoms with Crippen molar-refractivity contribution in [1.29, 1.82) is 0 Å². The summed E-state index contributed by atoms with van der Waals surface area (Å²) in [4.78, 5) is 29.6. The van der Waals surface area contributed by atoms with Gasteiger partial charge in [-0.3, -0.25) is 9.69 Å². The summed E-state index contributed by atoms with van der Waals surface area (Å²) in [7, 11) is 4.07. The Morgan fingerprint density at radius 2 is 2.10 bits per heavy atom. The monoisotopic (exact) mass is 413 g/mol. The minimum Gasteiger partial charge on any atom is -0.478 e. The van der Waals surface area contributed by atoms with E-state index in [1.54, 1.807) is 11.1 Å². The molecule has 0 saturated heterocycles. The van der Waals surface area contributed by atoms with Crippen LogP contribution in [0.25, 0.3) is 0 Å². The second-order valence-corrected chi connectivity index (χ2v) is 7.68. The fourth-order valence-electron chi connectivity index (χ4n) is 3.20. The van der Waals surface area contributed by atoms with E-state index >= 15 is 0 Å². The molecule has 2 aromatic rings. The topological polar surface area (TPSA) is 110 Å². The standard InChI is InChI=1S/C21H31N7O2/c1-4-5-9-23-21-25-19(22)16-12-18(29)28(20(16)26-21)14-15-7-8-17(24-13-15)30-11-6-10-27(2)3/h7-8,13H,4-6,9-12,14H2,1-3H3,(H3,22,23,25,26). The van der Waals surface area contributed by atoms with Gasteiger partial charge in [-0.05, 0) is 32.5 Å². The number of pyridine rings is 1. The predicted molar refractivity (Wildman–Crippen MR) is 118 cm³/mol. The number of nitrogens with zero attached hydrogens (tertiary/aromatic N) is 5. The maximum Gasteiger partial charge on any atom is 0.233 e. The predicted octanol–water partition coefficient (Wildman–Crippen LogP) is 2.09. The number of unbranched alkanes of at least 4 members (excludes halogenated alkanes) is 1. The number of nitrogens with one attached hydrogen (secondary N) is 1. The molecule has 1 aliphatic heterocycles. The Labute approximate surface area is 177 Å². The van der Waals surface area contributed by atoms with Crippen molar-refractivity contribution in [2.45, 2.75) is 39.2 Å². The van der Waals surface area contributed by atoms with Gasteiger partial charge < -0.3 is 20.7 Å². The molecule has 0 radical (unpaired) electrons. The fraction of sp³-hybridized carbons (Fsp3) is 0.524. The van der Waals surface area contributed by atoms with Crippen molar-refractivity contribution in [3.63, 3.8) is 0 Å². The van der Waals surface area contributed by atoms with Crippen molar-refractivity contribution in [2.24, 2.45) is 0 Å². The van der Waals surface area contributed by atoms with Crippen LogP contribution in [-0.2, 0) is 17.8 Å². The summed E-state index contributed by atoms with van der Waals surface area (Å²) in [6, 6.07) is 3.75. The first-order valence-electron chi connectivity index (χ1n) is 10.4. The van der Waals surface area contributed by atoms with E-state index < -0.39 is 0 Å². The summed E-state index contributed by atoms with van der Waals surface area (Å²) in [6.07, 6.45) is 4.97. The zero-order chi connectivity index (χ0) is 21.5. The molecule has 162 valence electrons. The van der Waals surface area contributed by atoms with Crippen LogP contribution in [0.5, 0.6) is 5.88 Å². The molecule has 1 amide bonds. The van der Waals surface area contributed by atoms with Crippen molar-refractivity contribution < 1.29 is 9.53 Å². The van der Waals surface area contributed by atoms with Gasteiger partial charge in [-0.1, -0.05) is 19.4 Å². The van der Waals surface area contributed by atoms with Crippen molar-refractivity contribution in [3.8, 4) is 5.88 Å². The number of anilines is 3. The van der Waals surface area contributed by atoms with Gasteiger partial charge in [-0.15, -0.1) is 0 Å². The molecule has 0 unspecified atom stereocenters. The minimum atomic E-state index is -0.0410. The first-order chi connectivity index (χ1) is 14.5. The Morgan fingerprint density at radius 3 is 2.80 bits per heavy atom. The highest BCUT2D eigenvalue weighted by molar-refractivity contribution is 6.01. The number of fused-ring (bicyclic) bond motifs is 1. The van der Waals surface area contributed by atoms with E-state index in [0.29, 0.717) is 42.2 Å². The molecule has 9 heteroatoms. The smallest absolute Gasteiger partial charge is 0.233 e. The van der Waals surface area contributed by atoms with Crippen LogP contribution in [-0.4, -0.2) is 59.6 Å². The molecule has 0 atom stereocenters. The maximum absolute atomic E-state index is 12.6. The summed E-state index contributed by atoms with van der Waals surface area (Å²) < 4.78 is 5.67. The Morgan fingerprint density at radius 1 is 1.27 bits per heavy atom. The number of nitrogen functional groups attached to an aromatic ring is 1. The largest absolute Gasteiger partial charge is 0.478 e. The molecular formula is C21H31N7O2. The van der Waals surface area contributed by atoms with Gasteiger partial charge in [-0.25, -0.2) is 4.98 Å². The lowest BCUT2D eigenvalue weighted by atomic mass is 10.2. The summed E-state index contributed by atoms with van der Waals surface area (Å²) in [5.74, 6) is 1.93. The average Bonchev–Trinajstić information content (AvgIpc) is 3.03. The average molecular weight is 414 g/mol. The molecule has 1 aliphatic rings. The van der Waals surface area contributed by atoms with Crippen molar-refractivity contribution >= 4 is 23.5 Å². The zero-order valence-electron chi connectivity index (χ0n) is 18.0. The molecule has 0 spiro atoms. The number of nitrogens with two attached hydrogens (primary N) is 1. The van der Waals surface area contributed by atoms with Gasteiger partial charge in [0.05, 0.1) is 19.6 Å². The van der Waals surface area contributed by atoms with Gasteiger partial charge in [0, 0.05) is 30.9 Å². The van der Waals surface area contributed by atoms with Gasteiger partial charge in [0.2, 0.25) is 17.7 Å². The zero-order valence-corrected chi connectivity index (χ0v) is 18.0. The van der Waals surface area contributed by atoms with Gasteiger partial charge in [-0.2, -0.15) is 9.97 Å². The number of hydrogen-bond donors (Lipinski definition) is 2. The Bertz CT molecular complexity index is 855. The van der Waals surface area contributed by atoms with Crippen LogP contribution in [0.3, 0.4) is 0 Å². The molecule has 0 saturated carbocycles. The molecule has 30 heavy (non-hydrogen) atoms. The van der Waals surface area contributed by atoms with Crippen LogP contribution < -0.4 is 20.7 Å². The van der Waals surface area contributed by atoms with E-state index in [1.807, 2.05) is 26.2 Å².